The number of rotatable bonds is 9. The van der Waals surface area contributed by atoms with Crippen LogP contribution in [0.1, 0.15) is 43.7 Å². The molecular formula is C22H33F3N4O. The number of alkyl halides is 3. The average molecular weight is 427 g/mol. The van der Waals surface area contributed by atoms with E-state index in [1.54, 1.807) is 6.07 Å². The summed E-state index contributed by atoms with van der Waals surface area (Å²) in [6.07, 6.45) is 0.154. The summed E-state index contributed by atoms with van der Waals surface area (Å²) >= 11 is 0. The van der Waals surface area contributed by atoms with Gasteiger partial charge in [-0.3, -0.25) is 9.89 Å². The molecule has 0 spiro atoms. The summed E-state index contributed by atoms with van der Waals surface area (Å²) in [6, 6.07) is 5.94. The Balaban J connectivity index is 1.41. The van der Waals surface area contributed by atoms with Gasteiger partial charge in [-0.1, -0.05) is 18.2 Å². The monoisotopic (exact) mass is 426 g/mol. The summed E-state index contributed by atoms with van der Waals surface area (Å²) in [5.74, 6) is 1.57. The van der Waals surface area contributed by atoms with Crippen molar-refractivity contribution < 1.29 is 17.9 Å². The summed E-state index contributed by atoms with van der Waals surface area (Å²) < 4.78 is 44.4. The molecule has 1 aliphatic heterocycles. The van der Waals surface area contributed by atoms with Crippen molar-refractivity contribution in [1.82, 2.24) is 15.5 Å². The van der Waals surface area contributed by atoms with E-state index in [1.165, 1.54) is 25.0 Å². The van der Waals surface area contributed by atoms with Gasteiger partial charge in [0, 0.05) is 38.8 Å². The van der Waals surface area contributed by atoms with Crippen molar-refractivity contribution >= 4 is 5.96 Å². The summed E-state index contributed by atoms with van der Waals surface area (Å²) in [6.45, 7) is 7.20. The van der Waals surface area contributed by atoms with E-state index in [-0.39, 0.29) is 0 Å². The van der Waals surface area contributed by atoms with Crippen molar-refractivity contribution in [2.45, 2.75) is 51.4 Å². The highest BCUT2D eigenvalue weighted by molar-refractivity contribution is 5.80. The first-order chi connectivity index (χ1) is 14.4. The molecule has 1 aliphatic carbocycles. The number of nitrogens with one attached hydrogen (secondary N) is 2. The second kappa shape index (κ2) is 11.0. The van der Waals surface area contributed by atoms with Gasteiger partial charge >= 0.3 is 6.18 Å². The zero-order valence-electron chi connectivity index (χ0n) is 17.7. The topological polar surface area (TPSA) is 48.9 Å². The Morgan fingerprint density at radius 3 is 2.63 bits per heavy atom. The van der Waals surface area contributed by atoms with Gasteiger partial charge in [0.05, 0.1) is 18.7 Å². The number of halogens is 3. The van der Waals surface area contributed by atoms with Gasteiger partial charge in [0.2, 0.25) is 0 Å². The fourth-order valence-electron chi connectivity index (χ4n) is 3.61. The number of ether oxygens (including phenoxy) is 1. The van der Waals surface area contributed by atoms with Crippen molar-refractivity contribution in [3.05, 3.63) is 35.4 Å². The van der Waals surface area contributed by atoms with E-state index in [9.17, 15) is 13.2 Å². The van der Waals surface area contributed by atoms with E-state index < -0.39 is 11.7 Å². The van der Waals surface area contributed by atoms with Gasteiger partial charge in [0.15, 0.2) is 5.96 Å². The third-order valence-electron chi connectivity index (χ3n) is 5.49. The molecule has 0 radical (unpaired) electrons. The van der Waals surface area contributed by atoms with Crippen molar-refractivity contribution in [3.8, 4) is 0 Å². The molecule has 0 amide bonds. The third kappa shape index (κ3) is 7.80. The Bertz CT molecular complexity index is 683. The molecule has 8 heteroatoms. The molecule has 0 unspecified atom stereocenters. The standard InChI is InChI=1S/C22H33F3N4O/c1-2-26-21(27-10-13-30-16-17-6-7-17)28-20-8-11-29(12-9-20)15-18-4-3-5-19(14-18)22(23,24)25/h3-5,14,17,20H,2,6-13,15-16H2,1H3,(H2,26,27,28). The smallest absolute Gasteiger partial charge is 0.379 e. The van der Waals surface area contributed by atoms with Crippen LogP contribution in [0.15, 0.2) is 29.3 Å². The summed E-state index contributed by atoms with van der Waals surface area (Å²) in [7, 11) is 0. The van der Waals surface area contributed by atoms with Crippen LogP contribution in [0.4, 0.5) is 13.2 Å². The van der Waals surface area contributed by atoms with Gasteiger partial charge in [-0.05, 0) is 50.2 Å². The average Bonchev–Trinajstić information content (AvgIpc) is 3.53. The SMILES string of the molecule is CCNC(=NCCOCC1CC1)NC1CCN(Cc2cccc(C(F)(F)F)c2)CC1. The molecule has 0 aromatic heterocycles. The lowest BCUT2D eigenvalue weighted by atomic mass is 10.0. The van der Waals surface area contributed by atoms with Crippen molar-refractivity contribution in [2.75, 3.05) is 39.4 Å². The van der Waals surface area contributed by atoms with Crippen LogP contribution in [0, 0.1) is 5.92 Å². The van der Waals surface area contributed by atoms with Crippen LogP contribution < -0.4 is 10.6 Å². The maximum atomic E-state index is 12.9. The minimum absolute atomic E-state index is 0.313. The molecule has 5 nitrogen and oxygen atoms in total. The lowest BCUT2D eigenvalue weighted by molar-refractivity contribution is -0.137. The highest BCUT2D eigenvalue weighted by atomic mass is 19.4. The number of aliphatic imine (C=N–C) groups is 1. The molecule has 1 aromatic rings. The van der Waals surface area contributed by atoms with Crippen LogP contribution in [0.2, 0.25) is 0 Å². The Hall–Kier alpha value is -1.80. The molecule has 0 atom stereocenters. The second-order valence-electron chi connectivity index (χ2n) is 8.17. The molecule has 1 saturated carbocycles. The summed E-state index contributed by atoms with van der Waals surface area (Å²) in [4.78, 5) is 6.81. The van der Waals surface area contributed by atoms with Crippen LogP contribution in [-0.4, -0.2) is 56.3 Å². The molecule has 30 heavy (non-hydrogen) atoms. The van der Waals surface area contributed by atoms with E-state index in [1.807, 2.05) is 6.92 Å². The Kier molecular flexibility index (Phi) is 8.39. The molecule has 3 rings (SSSR count). The third-order valence-corrected chi connectivity index (χ3v) is 5.49. The minimum Gasteiger partial charge on any atom is -0.379 e. The first kappa shape index (κ1) is 22.9. The lowest BCUT2D eigenvalue weighted by Gasteiger charge is -2.33. The van der Waals surface area contributed by atoms with Crippen LogP contribution in [-0.2, 0) is 17.5 Å². The van der Waals surface area contributed by atoms with Gasteiger partial charge in [-0.2, -0.15) is 13.2 Å². The number of hydrogen-bond acceptors (Lipinski definition) is 3. The molecule has 2 N–H and O–H groups in total. The summed E-state index contributed by atoms with van der Waals surface area (Å²) in [5, 5.41) is 6.77. The van der Waals surface area contributed by atoms with Crippen molar-refractivity contribution in [1.29, 1.82) is 0 Å². The molecule has 2 fully saturated rings. The maximum absolute atomic E-state index is 12.9. The Morgan fingerprint density at radius 1 is 1.20 bits per heavy atom. The molecule has 1 aromatic carbocycles. The van der Waals surface area contributed by atoms with Crippen LogP contribution in [0.3, 0.4) is 0 Å². The fraction of sp³-hybridized carbons (Fsp3) is 0.682. The zero-order chi connectivity index (χ0) is 21.4. The molecule has 1 heterocycles. The number of likely N-dealkylation sites (tertiary alicyclic amines) is 1. The number of piperidine rings is 1. The van der Waals surface area contributed by atoms with E-state index in [4.69, 9.17) is 4.74 Å². The normalized spacial score (nSPS) is 19.1. The Labute approximate surface area is 177 Å². The fourth-order valence-corrected chi connectivity index (χ4v) is 3.61. The predicted octanol–water partition coefficient (Wildman–Crippen LogP) is 3.65. The highest BCUT2D eigenvalue weighted by Gasteiger charge is 2.30. The molecule has 0 bridgehead atoms. The number of guanidine groups is 1. The van der Waals surface area contributed by atoms with E-state index in [0.717, 1.165) is 57.0 Å². The van der Waals surface area contributed by atoms with Gasteiger partial charge in [0.25, 0.3) is 0 Å². The molecule has 2 aliphatic rings. The number of benzene rings is 1. The van der Waals surface area contributed by atoms with Crippen molar-refractivity contribution in [2.24, 2.45) is 10.9 Å². The Morgan fingerprint density at radius 2 is 1.97 bits per heavy atom. The lowest BCUT2D eigenvalue weighted by Crippen LogP contribution is -2.48. The number of nitrogens with zero attached hydrogens (tertiary/aromatic N) is 2. The van der Waals surface area contributed by atoms with Crippen LogP contribution in [0.5, 0.6) is 0 Å². The quantitative estimate of drug-likeness (QED) is 0.360. The maximum Gasteiger partial charge on any atom is 0.416 e. The summed E-state index contributed by atoms with van der Waals surface area (Å²) in [5.41, 5.74) is 0.126. The molecular weight excluding hydrogens is 393 g/mol. The molecule has 168 valence electrons. The van der Waals surface area contributed by atoms with Crippen LogP contribution in [0.25, 0.3) is 0 Å². The highest BCUT2D eigenvalue weighted by Crippen LogP contribution is 2.30. The van der Waals surface area contributed by atoms with Gasteiger partial charge in [-0.25, -0.2) is 0 Å². The van der Waals surface area contributed by atoms with E-state index >= 15 is 0 Å². The van der Waals surface area contributed by atoms with E-state index in [0.29, 0.717) is 31.3 Å². The van der Waals surface area contributed by atoms with Crippen molar-refractivity contribution in [3.63, 3.8) is 0 Å². The largest absolute Gasteiger partial charge is 0.416 e. The first-order valence-corrected chi connectivity index (χ1v) is 10.9. The van der Waals surface area contributed by atoms with Gasteiger partial charge in [0.1, 0.15) is 0 Å². The second-order valence-corrected chi connectivity index (χ2v) is 8.17. The first-order valence-electron chi connectivity index (χ1n) is 10.9. The molecule has 1 saturated heterocycles. The van der Waals surface area contributed by atoms with Gasteiger partial charge < -0.3 is 15.4 Å². The van der Waals surface area contributed by atoms with Gasteiger partial charge in [-0.15, -0.1) is 0 Å². The van der Waals surface area contributed by atoms with E-state index in [2.05, 4.69) is 20.5 Å². The minimum atomic E-state index is -4.29. The van der Waals surface area contributed by atoms with Crippen LogP contribution >= 0.6 is 0 Å². The predicted molar refractivity (Wildman–Crippen MR) is 112 cm³/mol. The zero-order valence-corrected chi connectivity index (χ0v) is 17.7. The number of hydrogen-bond donors (Lipinski definition) is 2.